The Bertz CT molecular complexity index is 758. The third-order valence-electron chi connectivity index (χ3n) is 3.64. The zero-order valence-corrected chi connectivity index (χ0v) is 12.7. The lowest BCUT2D eigenvalue weighted by atomic mass is 10.1. The molecule has 23 heavy (non-hydrogen) atoms. The SMILES string of the molecule is N#C[C@H](NC(=O)[C@@H]1Cc2ccccc2O1)c1c(F)cccc1Cl. The molecule has 1 aliphatic rings. The number of rotatable bonds is 3. The molecule has 0 aliphatic carbocycles. The average molecular weight is 331 g/mol. The van der Waals surface area contributed by atoms with E-state index in [4.69, 9.17) is 16.3 Å². The monoisotopic (exact) mass is 330 g/mol. The van der Waals surface area contributed by atoms with Gasteiger partial charge in [-0.2, -0.15) is 5.26 Å². The van der Waals surface area contributed by atoms with Crippen molar-refractivity contribution in [1.82, 2.24) is 5.32 Å². The van der Waals surface area contributed by atoms with E-state index in [-0.39, 0.29) is 10.6 Å². The van der Waals surface area contributed by atoms with Crippen molar-refractivity contribution in [3.8, 4) is 11.8 Å². The summed E-state index contributed by atoms with van der Waals surface area (Å²) >= 11 is 5.95. The number of nitrogens with one attached hydrogen (secondary N) is 1. The van der Waals surface area contributed by atoms with Gasteiger partial charge in [-0.3, -0.25) is 4.79 Å². The molecule has 3 rings (SSSR count). The van der Waals surface area contributed by atoms with Crippen molar-refractivity contribution < 1.29 is 13.9 Å². The summed E-state index contributed by atoms with van der Waals surface area (Å²) < 4.78 is 19.5. The van der Waals surface area contributed by atoms with Crippen LogP contribution in [0.25, 0.3) is 0 Å². The van der Waals surface area contributed by atoms with Crippen molar-refractivity contribution in [3.63, 3.8) is 0 Å². The molecule has 0 spiro atoms. The standard InChI is InChI=1S/C17H12ClFN2O2/c18-11-5-3-6-12(19)16(11)13(9-20)21-17(22)15-8-10-4-1-2-7-14(10)23-15/h1-7,13,15H,8H2,(H,21,22)/t13-,15-/m0/s1. The van der Waals surface area contributed by atoms with Gasteiger partial charge in [-0.25, -0.2) is 4.39 Å². The summed E-state index contributed by atoms with van der Waals surface area (Å²) in [5, 5.41) is 11.8. The van der Waals surface area contributed by atoms with Gasteiger partial charge in [-0.05, 0) is 23.8 Å². The summed E-state index contributed by atoms with van der Waals surface area (Å²) in [6.45, 7) is 0. The van der Waals surface area contributed by atoms with E-state index in [1.807, 2.05) is 24.3 Å². The lowest BCUT2D eigenvalue weighted by Crippen LogP contribution is -2.39. The molecule has 0 radical (unpaired) electrons. The van der Waals surface area contributed by atoms with Crippen LogP contribution in [-0.4, -0.2) is 12.0 Å². The van der Waals surface area contributed by atoms with E-state index in [0.717, 1.165) is 5.56 Å². The van der Waals surface area contributed by atoms with Gasteiger partial charge in [0.25, 0.3) is 5.91 Å². The third-order valence-corrected chi connectivity index (χ3v) is 3.97. The van der Waals surface area contributed by atoms with Crippen LogP contribution in [0.3, 0.4) is 0 Å². The summed E-state index contributed by atoms with van der Waals surface area (Å²) in [5.41, 5.74) is 0.880. The van der Waals surface area contributed by atoms with Gasteiger partial charge in [0.15, 0.2) is 6.10 Å². The second kappa shape index (κ2) is 6.27. The molecule has 0 saturated heterocycles. The molecular weight excluding hydrogens is 319 g/mol. The van der Waals surface area contributed by atoms with Gasteiger partial charge < -0.3 is 10.1 Å². The quantitative estimate of drug-likeness (QED) is 0.940. The van der Waals surface area contributed by atoms with Gasteiger partial charge in [0.05, 0.1) is 6.07 Å². The number of nitrogens with zero attached hydrogens (tertiary/aromatic N) is 1. The van der Waals surface area contributed by atoms with Crippen LogP contribution in [0.1, 0.15) is 17.2 Å². The van der Waals surface area contributed by atoms with E-state index in [2.05, 4.69) is 5.32 Å². The lowest BCUT2D eigenvalue weighted by Gasteiger charge is -2.17. The molecule has 0 saturated carbocycles. The average Bonchev–Trinajstić information content (AvgIpc) is 2.97. The molecule has 2 aromatic carbocycles. The number of halogens is 2. The topological polar surface area (TPSA) is 62.1 Å². The fraction of sp³-hybridized carbons (Fsp3) is 0.176. The predicted molar refractivity (Wildman–Crippen MR) is 82.5 cm³/mol. The summed E-state index contributed by atoms with van der Waals surface area (Å²) in [6.07, 6.45) is -0.334. The summed E-state index contributed by atoms with van der Waals surface area (Å²) in [5.74, 6) is -0.475. The Balaban J connectivity index is 1.76. The number of nitriles is 1. The van der Waals surface area contributed by atoms with E-state index < -0.39 is 23.9 Å². The van der Waals surface area contributed by atoms with Crippen LogP contribution in [-0.2, 0) is 11.2 Å². The van der Waals surface area contributed by atoms with Gasteiger partial charge in [-0.15, -0.1) is 0 Å². The maximum absolute atomic E-state index is 13.9. The second-order valence-electron chi connectivity index (χ2n) is 5.12. The van der Waals surface area contributed by atoms with E-state index in [0.29, 0.717) is 12.2 Å². The highest BCUT2D eigenvalue weighted by atomic mass is 35.5. The minimum atomic E-state index is -1.18. The Labute approximate surface area is 137 Å². The van der Waals surface area contributed by atoms with Crippen LogP contribution in [0.4, 0.5) is 4.39 Å². The Morgan fingerprint density at radius 3 is 2.83 bits per heavy atom. The molecule has 1 amide bonds. The molecule has 6 heteroatoms. The maximum Gasteiger partial charge on any atom is 0.262 e. The molecule has 0 bridgehead atoms. The second-order valence-corrected chi connectivity index (χ2v) is 5.53. The number of ether oxygens (including phenoxy) is 1. The van der Waals surface area contributed by atoms with E-state index >= 15 is 0 Å². The molecule has 2 aromatic rings. The number of carbonyl (C=O) groups is 1. The van der Waals surface area contributed by atoms with Crippen molar-refractivity contribution >= 4 is 17.5 Å². The largest absolute Gasteiger partial charge is 0.480 e. The first-order chi connectivity index (χ1) is 11.1. The van der Waals surface area contributed by atoms with Crippen LogP contribution in [0.2, 0.25) is 5.02 Å². The van der Waals surface area contributed by atoms with Crippen LogP contribution in [0.5, 0.6) is 5.75 Å². The van der Waals surface area contributed by atoms with Gasteiger partial charge in [0.1, 0.15) is 17.6 Å². The Morgan fingerprint density at radius 2 is 2.13 bits per heavy atom. The highest BCUT2D eigenvalue weighted by molar-refractivity contribution is 6.31. The number of benzene rings is 2. The fourth-order valence-corrected chi connectivity index (χ4v) is 2.79. The molecule has 1 heterocycles. The summed E-state index contributed by atoms with van der Waals surface area (Å²) in [4.78, 5) is 12.3. The van der Waals surface area contributed by atoms with Crippen LogP contribution < -0.4 is 10.1 Å². The minimum absolute atomic E-state index is 0.0412. The van der Waals surface area contributed by atoms with Crippen LogP contribution >= 0.6 is 11.6 Å². The first-order valence-corrected chi connectivity index (χ1v) is 7.36. The molecule has 116 valence electrons. The number of amides is 1. The van der Waals surface area contributed by atoms with Gasteiger partial charge in [0.2, 0.25) is 0 Å². The van der Waals surface area contributed by atoms with Gasteiger partial charge >= 0.3 is 0 Å². The number of carbonyl (C=O) groups excluding carboxylic acids is 1. The predicted octanol–water partition coefficient (Wildman–Crippen LogP) is 3.16. The Kier molecular flexibility index (Phi) is 4.18. The zero-order chi connectivity index (χ0) is 16.4. The van der Waals surface area contributed by atoms with Crippen LogP contribution in [0, 0.1) is 17.1 Å². The zero-order valence-electron chi connectivity index (χ0n) is 11.9. The molecule has 0 unspecified atom stereocenters. The molecule has 1 aliphatic heterocycles. The number of fused-ring (bicyclic) bond motifs is 1. The molecule has 0 aromatic heterocycles. The fourth-order valence-electron chi connectivity index (χ4n) is 2.52. The van der Waals surface area contributed by atoms with E-state index in [1.54, 1.807) is 6.07 Å². The first kappa shape index (κ1) is 15.3. The van der Waals surface area contributed by atoms with E-state index in [9.17, 15) is 14.4 Å². The van der Waals surface area contributed by atoms with Crippen molar-refractivity contribution in [2.45, 2.75) is 18.6 Å². The molecule has 1 N–H and O–H groups in total. The van der Waals surface area contributed by atoms with Crippen molar-refractivity contribution in [2.75, 3.05) is 0 Å². The van der Waals surface area contributed by atoms with Crippen LogP contribution in [0.15, 0.2) is 42.5 Å². The minimum Gasteiger partial charge on any atom is -0.480 e. The van der Waals surface area contributed by atoms with Crippen molar-refractivity contribution in [1.29, 1.82) is 5.26 Å². The third kappa shape index (κ3) is 2.99. The molecule has 0 fully saturated rings. The summed E-state index contributed by atoms with van der Waals surface area (Å²) in [7, 11) is 0. The van der Waals surface area contributed by atoms with Gasteiger partial charge in [-0.1, -0.05) is 35.9 Å². The normalized spacial score (nSPS) is 16.8. The van der Waals surface area contributed by atoms with Crippen molar-refractivity contribution in [2.24, 2.45) is 0 Å². The highest BCUT2D eigenvalue weighted by Crippen LogP contribution is 2.29. The number of para-hydroxylation sites is 1. The Hall–Kier alpha value is -2.58. The molecule has 2 atom stereocenters. The first-order valence-electron chi connectivity index (χ1n) is 6.98. The van der Waals surface area contributed by atoms with Gasteiger partial charge in [0, 0.05) is 17.0 Å². The number of hydrogen-bond donors (Lipinski definition) is 1. The molecular formula is C17H12ClFN2O2. The summed E-state index contributed by atoms with van der Waals surface area (Å²) in [6, 6.07) is 12.1. The number of hydrogen-bond acceptors (Lipinski definition) is 3. The van der Waals surface area contributed by atoms with E-state index in [1.165, 1.54) is 18.2 Å². The lowest BCUT2D eigenvalue weighted by molar-refractivity contribution is -0.127. The smallest absolute Gasteiger partial charge is 0.262 e. The highest BCUT2D eigenvalue weighted by Gasteiger charge is 2.31. The van der Waals surface area contributed by atoms with Crippen molar-refractivity contribution in [3.05, 3.63) is 64.4 Å². The maximum atomic E-state index is 13.9. The Morgan fingerprint density at radius 1 is 1.35 bits per heavy atom. The molecule has 4 nitrogen and oxygen atoms in total.